The van der Waals surface area contributed by atoms with Crippen LogP contribution < -0.4 is 0 Å². The molecule has 0 aliphatic heterocycles. The summed E-state index contributed by atoms with van der Waals surface area (Å²) in [5.74, 6) is 0. The molecule has 1 heteroatoms. The van der Waals surface area contributed by atoms with Crippen molar-refractivity contribution in [3.8, 4) is 11.3 Å². The summed E-state index contributed by atoms with van der Waals surface area (Å²) in [4.78, 5) is 4.54. The largest absolute Gasteiger partial charge is 0.256 e. The molecule has 100 valence electrons. The highest BCUT2D eigenvalue weighted by Gasteiger charge is 2.05. The first-order valence-corrected chi connectivity index (χ1v) is 7.14. The first-order chi connectivity index (χ1) is 9.72. The van der Waals surface area contributed by atoms with Gasteiger partial charge in [-0.3, -0.25) is 4.98 Å². The zero-order chi connectivity index (χ0) is 13.9. The van der Waals surface area contributed by atoms with Gasteiger partial charge in [-0.15, -0.1) is 0 Å². The SMILES string of the molecule is Cc1cc(C)cc(-c2cc(C3=CCCC=C3)ccn2)c1. The van der Waals surface area contributed by atoms with Crippen LogP contribution in [0.3, 0.4) is 0 Å². The molecule has 0 unspecified atom stereocenters. The van der Waals surface area contributed by atoms with Gasteiger partial charge in [-0.25, -0.2) is 0 Å². The number of allylic oxidation sites excluding steroid dienone is 4. The zero-order valence-corrected chi connectivity index (χ0v) is 12.1. The number of aromatic nitrogens is 1. The third-order valence-electron chi connectivity index (χ3n) is 3.61. The van der Waals surface area contributed by atoms with Gasteiger partial charge >= 0.3 is 0 Å². The Morgan fingerprint density at radius 3 is 2.40 bits per heavy atom. The highest BCUT2D eigenvalue weighted by Crippen LogP contribution is 2.26. The van der Waals surface area contributed by atoms with Gasteiger partial charge in [0.05, 0.1) is 5.69 Å². The van der Waals surface area contributed by atoms with E-state index in [-0.39, 0.29) is 0 Å². The molecule has 0 spiro atoms. The fourth-order valence-electron chi connectivity index (χ4n) is 2.72. The van der Waals surface area contributed by atoms with Crippen molar-refractivity contribution in [1.82, 2.24) is 4.98 Å². The van der Waals surface area contributed by atoms with Crippen LogP contribution in [0, 0.1) is 13.8 Å². The summed E-state index contributed by atoms with van der Waals surface area (Å²) in [5.41, 5.74) is 7.38. The smallest absolute Gasteiger partial charge is 0.0708 e. The Morgan fingerprint density at radius 1 is 0.900 bits per heavy atom. The molecule has 3 rings (SSSR count). The van der Waals surface area contributed by atoms with E-state index < -0.39 is 0 Å². The molecule has 1 aromatic heterocycles. The maximum Gasteiger partial charge on any atom is 0.0708 e. The standard InChI is InChI=1S/C19H19N/c1-14-10-15(2)12-18(11-14)19-13-17(8-9-20-19)16-6-4-3-5-7-16/h4,6-13H,3,5H2,1-2H3. The summed E-state index contributed by atoms with van der Waals surface area (Å²) < 4.78 is 0. The molecule has 1 aromatic carbocycles. The molecule has 0 bridgehead atoms. The third kappa shape index (κ3) is 2.72. The lowest BCUT2D eigenvalue weighted by atomic mass is 9.98. The number of rotatable bonds is 2. The van der Waals surface area contributed by atoms with E-state index in [4.69, 9.17) is 0 Å². The van der Waals surface area contributed by atoms with E-state index in [9.17, 15) is 0 Å². The molecule has 2 aromatic rings. The van der Waals surface area contributed by atoms with Crippen molar-refractivity contribution in [2.24, 2.45) is 0 Å². The van der Waals surface area contributed by atoms with E-state index in [0.717, 1.165) is 18.5 Å². The van der Waals surface area contributed by atoms with Gasteiger partial charge in [0.2, 0.25) is 0 Å². The monoisotopic (exact) mass is 261 g/mol. The van der Waals surface area contributed by atoms with Gasteiger partial charge in [0, 0.05) is 11.8 Å². The average Bonchev–Trinajstić information content (AvgIpc) is 2.47. The third-order valence-corrected chi connectivity index (χ3v) is 3.61. The maximum atomic E-state index is 4.54. The van der Waals surface area contributed by atoms with Crippen LogP contribution in [0.5, 0.6) is 0 Å². The molecule has 0 amide bonds. The Morgan fingerprint density at radius 2 is 1.70 bits per heavy atom. The van der Waals surface area contributed by atoms with Crippen LogP contribution in [-0.4, -0.2) is 4.98 Å². The molecule has 0 saturated heterocycles. The normalized spacial score (nSPS) is 14.2. The van der Waals surface area contributed by atoms with Gasteiger partial charge in [-0.2, -0.15) is 0 Å². The molecule has 0 fully saturated rings. The minimum Gasteiger partial charge on any atom is -0.256 e. The Bertz CT molecular complexity index is 672. The van der Waals surface area contributed by atoms with Crippen LogP contribution in [-0.2, 0) is 0 Å². The first-order valence-electron chi connectivity index (χ1n) is 7.14. The van der Waals surface area contributed by atoms with E-state index >= 15 is 0 Å². The van der Waals surface area contributed by atoms with Gasteiger partial charge in [0.15, 0.2) is 0 Å². The van der Waals surface area contributed by atoms with Crippen LogP contribution in [0.15, 0.2) is 54.8 Å². The van der Waals surface area contributed by atoms with Crippen LogP contribution in [0.1, 0.15) is 29.5 Å². The van der Waals surface area contributed by atoms with Crippen molar-refractivity contribution in [2.75, 3.05) is 0 Å². The van der Waals surface area contributed by atoms with E-state index in [1.54, 1.807) is 0 Å². The number of aryl methyl sites for hydroxylation is 2. The molecule has 20 heavy (non-hydrogen) atoms. The number of benzene rings is 1. The first kappa shape index (κ1) is 12.9. The predicted molar refractivity (Wildman–Crippen MR) is 85.5 cm³/mol. The minimum atomic E-state index is 1.05. The van der Waals surface area contributed by atoms with Crippen LogP contribution in [0.2, 0.25) is 0 Å². The molecule has 0 saturated carbocycles. The summed E-state index contributed by atoms with van der Waals surface area (Å²) in [6.07, 6.45) is 11.0. The number of pyridine rings is 1. The van der Waals surface area contributed by atoms with Gasteiger partial charge < -0.3 is 0 Å². The summed E-state index contributed by atoms with van der Waals surface area (Å²) in [7, 11) is 0. The lowest BCUT2D eigenvalue weighted by molar-refractivity contribution is 1.04. The predicted octanol–water partition coefficient (Wildman–Crippen LogP) is 5.10. The minimum absolute atomic E-state index is 1.05. The second-order valence-electron chi connectivity index (χ2n) is 5.45. The van der Waals surface area contributed by atoms with E-state index in [2.05, 4.69) is 67.4 Å². The number of hydrogen-bond donors (Lipinski definition) is 0. The molecular formula is C19H19N. The lowest BCUT2D eigenvalue weighted by Gasteiger charge is -2.10. The molecule has 1 aliphatic carbocycles. The van der Waals surface area contributed by atoms with Gasteiger partial charge in [0.1, 0.15) is 0 Å². The Kier molecular flexibility index (Phi) is 3.51. The van der Waals surface area contributed by atoms with E-state index in [1.807, 2.05) is 6.20 Å². The quantitative estimate of drug-likeness (QED) is 0.733. The van der Waals surface area contributed by atoms with Crippen molar-refractivity contribution in [2.45, 2.75) is 26.7 Å². The summed E-state index contributed by atoms with van der Waals surface area (Å²) >= 11 is 0. The van der Waals surface area contributed by atoms with E-state index in [1.165, 1.54) is 27.8 Å². The van der Waals surface area contributed by atoms with Crippen molar-refractivity contribution in [3.63, 3.8) is 0 Å². The van der Waals surface area contributed by atoms with Crippen molar-refractivity contribution >= 4 is 5.57 Å². The summed E-state index contributed by atoms with van der Waals surface area (Å²) in [6, 6.07) is 10.9. The average molecular weight is 261 g/mol. The Labute approximate surface area is 120 Å². The fourth-order valence-corrected chi connectivity index (χ4v) is 2.72. The second-order valence-corrected chi connectivity index (χ2v) is 5.45. The van der Waals surface area contributed by atoms with Crippen LogP contribution in [0.4, 0.5) is 0 Å². The van der Waals surface area contributed by atoms with E-state index in [0.29, 0.717) is 0 Å². The maximum absolute atomic E-state index is 4.54. The number of hydrogen-bond acceptors (Lipinski definition) is 1. The Balaban J connectivity index is 2.02. The second kappa shape index (κ2) is 5.46. The zero-order valence-electron chi connectivity index (χ0n) is 12.1. The van der Waals surface area contributed by atoms with Crippen molar-refractivity contribution in [1.29, 1.82) is 0 Å². The van der Waals surface area contributed by atoms with Gasteiger partial charge in [-0.1, -0.05) is 35.4 Å². The highest BCUT2D eigenvalue weighted by molar-refractivity contribution is 5.77. The van der Waals surface area contributed by atoms with Crippen LogP contribution >= 0.6 is 0 Å². The highest BCUT2D eigenvalue weighted by atomic mass is 14.7. The molecular weight excluding hydrogens is 242 g/mol. The van der Waals surface area contributed by atoms with Gasteiger partial charge in [-0.05, 0) is 62.1 Å². The van der Waals surface area contributed by atoms with Crippen molar-refractivity contribution in [3.05, 3.63) is 71.4 Å². The molecule has 1 aliphatic rings. The van der Waals surface area contributed by atoms with Crippen molar-refractivity contribution < 1.29 is 0 Å². The van der Waals surface area contributed by atoms with Crippen LogP contribution in [0.25, 0.3) is 16.8 Å². The Hall–Kier alpha value is -2.15. The van der Waals surface area contributed by atoms with Gasteiger partial charge in [0.25, 0.3) is 0 Å². The molecule has 0 N–H and O–H groups in total. The summed E-state index contributed by atoms with van der Waals surface area (Å²) in [6.45, 7) is 4.26. The summed E-state index contributed by atoms with van der Waals surface area (Å²) in [5, 5.41) is 0. The fraction of sp³-hybridized carbons (Fsp3) is 0.211. The molecule has 0 atom stereocenters. The lowest BCUT2D eigenvalue weighted by Crippen LogP contribution is -1.90. The molecule has 1 heterocycles. The molecule has 0 radical (unpaired) electrons. The molecule has 1 nitrogen and oxygen atoms in total. The number of nitrogens with zero attached hydrogens (tertiary/aromatic N) is 1. The topological polar surface area (TPSA) is 12.9 Å².